The maximum absolute atomic E-state index is 13.3. The van der Waals surface area contributed by atoms with Crippen LogP contribution in [0.25, 0.3) is 10.8 Å². The molecule has 0 aliphatic carbocycles. The molecule has 2 atom stereocenters. The first kappa shape index (κ1) is 25.1. The number of carbonyl (C=O) groups excluding carboxylic acids is 4. The minimum absolute atomic E-state index is 0.140. The van der Waals surface area contributed by atoms with E-state index in [0.29, 0.717) is 72.3 Å². The van der Waals surface area contributed by atoms with Gasteiger partial charge in [0.2, 0.25) is 0 Å². The van der Waals surface area contributed by atoms with Gasteiger partial charge in [0.25, 0.3) is 23.6 Å². The van der Waals surface area contributed by atoms with Gasteiger partial charge in [-0.2, -0.15) is 0 Å². The van der Waals surface area contributed by atoms with Crippen LogP contribution in [0.4, 0.5) is 0 Å². The van der Waals surface area contributed by atoms with Crippen LogP contribution in [0.5, 0.6) is 0 Å². The number of benzene rings is 2. The first-order valence-electron chi connectivity index (χ1n) is 13.3. The van der Waals surface area contributed by atoms with E-state index in [1.54, 1.807) is 24.3 Å². The molecule has 10 nitrogen and oxygen atoms in total. The van der Waals surface area contributed by atoms with E-state index in [4.69, 9.17) is 18.9 Å². The molecule has 4 heterocycles. The molecule has 0 bridgehead atoms. The summed E-state index contributed by atoms with van der Waals surface area (Å²) in [6.07, 6.45) is 3.26. The summed E-state index contributed by atoms with van der Waals surface area (Å²) >= 11 is 0. The van der Waals surface area contributed by atoms with Gasteiger partial charge in [0.1, 0.15) is 0 Å². The second kappa shape index (κ2) is 10.5. The number of nitrogens with zero attached hydrogens (tertiary/aromatic N) is 2. The molecule has 2 unspecified atom stereocenters. The van der Waals surface area contributed by atoms with Crippen molar-refractivity contribution in [3.8, 4) is 0 Å². The van der Waals surface area contributed by atoms with E-state index >= 15 is 0 Å². The average molecular weight is 523 g/mol. The average Bonchev–Trinajstić information content (AvgIpc) is 2.86. The molecule has 2 fully saturated rings. The summed E-state index contributed by atoms with van der Waals surface area (Å²) in [6.45, 7) is 3.81. The lowest BCUT2D eigenvalue weighted by molar-refractivity contribution is -0.0940. The third-order valence-corrected chi connectivity index (χ3v) is 7.60. The van der Waals surface area contributed by atoms with Gasteiger partial charge in [-0.25, -0.2) is 0 Å². The van der Waals surface area contributed by atoms with Crippen LogP contribution in [0, 0.1) is 0 Å². The summed E-state index contributed by atoms with van der Waals surface area (Å²) in [5.74, 6) is -1.71. The molecule has 2 aromatic carbocycles. The maximum atomic E-state index is 13.3. The highest BCUT2D eigenvalue weighted by atomic mass is 16.6. The highest BCUT2D eigenvalue weighted by Gasteiger charge is 2.39. The van der Waals surface area contributed by atoms with Gasteiger partial charge in [0.15, 0.2) is 0 Å². The fraction of sp³-hybridized carbons (Fsp3) is 0.500. The summed E-state index contributed by atoms with van der Waals surface area (Å²) in [7, 11) is 0. The van der Waals surface area contributed by atoms with Crippen molar-refractivity contribution in [1.82, 2.24) is 9.80 Å². The van der Waals surface area contributed by atoms with Crippen LogP contribution in [-0.2, 0) is 18.9 Å². The molecule has 0 saturated carbocycles. The van der Waals surface area contributed by atoms with Crippen LogP contribution in [-0.4, -0.2) is 98.4 Å². The molecule has 6 rings (SSSR count). The Kier molecular flexibility index (Phi) is 6.96. The van der Waals surface area contributed by atoms with Gasteiger partial charge in [0, 0.05) is 72.5 Å². The molecule has 2 aromatic rings. The van der Waals surface area contributed by atoms with Crippen molar-refractivity contribution in [2.24, 2.45) is 0 Å². The normalized spacial score (nSPS) is 22.2. The van der Waals surface area contributed by atoms with Gasteiger partial charge in [-0.15, -0.1) is 0 Å². The molecule has 10 heteroatoms. The monoisotopic (exact) mass is 522 g/mol. The number of imide groups is 2. The Morgan fingerprint density at radius 1 is 0.632 bits per heavy atom. The van der Waals surface area contributed by atoms with Crippen molar-refractivity contribution in [2.45, 2.75) is 37.9 Å². The molecule has 200 valence electrons. The van der Waals surface area contributed by atoms with Crippen molar-refractivity contribution in [1.29, 1.82) is 0 Å². The topological polar surface area (TPSA) is 112 Å². The van der Waals surface area contributed by atoms with Gasteiger partial charge in [-0.3, -0.25) is 29.0 Å². The molecular weight excluding hydrogens is 492 g/mol. The van der Waals surface area contributed by atoms with Gasteiger partial charge in [0.05, 0.1) is 25.4 Å². The molecule has 2 saturated heterocycles. The summed E-state index contributed by atoms with van der Waals surface area (Å²) in [4.78, 5) is 55.7. The molecule has 4 amide bonds. The summed E-state index contributed by atoms with van der Waals surface area (Å²) < 4.78 is 21.9. The Morgan fingerprint density at radius 3 is 1.26 bits per heavy atom. The van der Waals surface area contributed by atoms with Gasteiger partial charge < -0.3 is 18.9 Å². The number of hydrogen-bond acceptors (Lipinski definition) is 8. The SMILES string of the molecule is O=C1c2ccc3c4c(ccc(c24)C(=O)N1CCCOCC1CCO1)C(=O)N(CCCOCC1CCO1)C3=O. The molecule has 4 aliphatic heterocycles. The van der Waals surface area contributed by atoms with E-state index in [1.807, 2.05) is 0 Å². The zero-order valence-electron chi connectivity index (χ0n) is 21.1. The first-order chi connectivity index (χ1) is 18.5. The predicted molar refractivity (Wildman–Crippen MR) is 134 cm³/mol. The molecule has 4 aliphatic rings. The number of hydrogen-bond donors (Lipinski definition) is 0. The van der Waals surface area contributed by atoms with Crippen molar-refractivity contribution >= 4 is 34.4 Å². The number of rotatable bonds is 12. The highest BCUT2D eigenvalue weighted by Crippen LogP contribution is 2.37. The quantitative estimate of drug-likeness (QED) is 0.309. The van der Waals surface area contributed by atoms with Crippen LogP contribution in [0.2, 0.25) is 0 Å². The Bertz CT molecular complexity index is 1130. The lowest BCUT2D eigenvalue weighted by atomic mass is 9.86. The molecule has 0 N–H and O–H groups in total. The Labute approximate surface area is 219 Å². The molecular formula is C28H30N2O8. The Hall–Kier alpha value is -3.18. The second-order valence-corrected chi connectivity index (χ2v) is 10.0. The second-order valence-electron chi connectivity index (χ2n) is 10.0. The minimum atomic E-state index is -0.427. The van der Waals surface area contributed by atoms with E-state index in [1.165, 1.54) is 9.80 Å². The van der Waals surface area contributed by atoms with Crippen molar-refractivity contribution in [3.05, 3.63) is 46.5 Å². The zero-order valence-corrected chi connectivity index (χ0v) is 21.1. The maximum Gasteiger partial charge on any atom is 0.261 e. The summed E-state index contributed by atoms with van der Waals surface area (Å²) in [5.41, 5.74) is 1.29. The van der Waals surface area contributed by atoms with Gasteiger partial charge in [-0.1, -0.05) is 0 Å². The number of carbonyl (C=O) groups is 4. The molecule has 0 aromatic heterocycles. The molecule has 0 spiro atoms. The van der Waals surface area contributed by atoms with E-state index in [-0.39, 0.29) is 25.3 Å². The van der Waals surface area contributed by atoms with E-state index in [0.717, 1.165) is 26.1 Å². The van der Waals surface area contributed by atoms with E-state index in [9.17, 15) is 19.2 Å². The van der Waals surface area contributed by atoms with E-state index < -0.39 is 23.6 Å². The van der Waals surface area contributed by atoms with Crippen LogP contribution >= 0.6 is 0 Å². The summed E-state index contributed by atoms with van der Waals surface area (Å²) in [5, 5.41) is 0.768. The number of ether oxygens (including phenoxy) is 4. The van der Waals surface area contributed by atoms with Crippen molar-refractivity contribution in [2.75, 3.05) is 52.7 Å². The van der Waals surface area contributed by atoms with Gasteiger partial charge in [-0.05, 0) is 49.9 Å². The standard InChI is InChI=1S/C28H30N2O8/c31-25-19-3-5-21-24-22(28(34)30(27(21)33)10-2-12-36-16-18-8-14-38-18)6-4-20(23(19)24)26(32)29(25)9-1-11-35-15-17-7-13-37-17/h3-6,17-18H,1-2,7-16H2. The summed E-state index contributed by atoms with van der Waals surface area (Å²) in [6, 6.07) is 6.35. The van der Waals surface area contributed by atoms with Crippen molar-refractivity contribution in [3.63, 3.8) is 0 Å². The minimum Gasteiger partial charge on any atom is -0.379 e. The Balaban J connectivity index is 1.16. The van der Waals surface area contributed by atoms with E-state index in [2.05, 4.69) is 0 Å². The smallest absolute Gasteiger partial charge is 0.261 e. The highest BCUT2D eigenvalue weighted by molar-refractivity contribution is 6.33. The third-order valence-electron chi connectivity index (χ3n) is 7.60. The van der Waals surface area contributed by atoms with Crippen LogP contribution in [0.3, 0.4) is 0 Å². The number of amides is 4. The predicted octanol–water partition coefficient (Wildman–Crippen LogP) is 2.42. The fourth-order valence-corrected chi connectivity index (χ4v) is 5.29. The van der Waals surface area contributed by atoms with Crippen LogP contribution < -0.4 is 0 Å². The van der Waals surface area contributed by atoms with Crippen LogP contribution in [0.1, 0.15) is 67.1 Å². The lowest BCUT2D eigenvalue weighted by Crippen LogP contribution is -2.44. The Morgan fingerprint density at radius 2 is 0.974 bits per heavy atom. The fourth-order valence-electron chi connectivity index (χ4n) is 5.29. The first-order valence-corrected chi connectivity index (χ1v) is 13.3. The van der Waals surface area contributed by atoms with Crippen molar-refractivity contribution < 1.29 is 38.1 Å². The largest absolute Gasteiger partial charge is 0.379 e. The lowest BCUT2D eigenvalue weighted by Gasteiger charge is -2.32. The third kappa shape index (κ3) is 4.41. The van der Waals surface area contributed by atoms with Crippen LogP contribution in [0.15, 0.2) is 24.3 Å². The molecule has 0 radical (unpaired) electrons. The van der Waals surface area contributed by atoms with Gasteiger partial charge >= 0.3 is 0 Å². The zero-order chi connectivity index (χ0) is 26.2. The molecule has 38 heavy (non-hydrogen) atoms.